The number of pyridine rings is 1. The molecule has 1 aliphatic carbocycles. The van der Waals surface area contributed by atoms with Crippen molar-refractivity contribution in [3.63, 3.8) is 0 Å². The molecule has 1 amide bonds. The van der Waals surface area contributed by atoms with Crippen LogP contribution < -0.4 is 16.0 Å². The van der Waals surface area contributed by atoms with Gasteiger partial charge in [0.05, 0.1) is 5.56 Å². The van der Waals surface area contributed by atoms with E-state index in [-0.39, 0.29) is 11.9 Å². The highest BCUT2D eigenvalue weighted by molar-refractivity contribution is 5.94. The number of rotatable bonds is 5. The summed E-state index contributed by atoms with van der Waals surface area (Å²) >= 11 is 0. The van der Waals surface area contributed by atoms with Crippen molar-refractivity contribution in [3.8, 4) is 0 Å². The standard InChI is InChI=1S/C19H24N4O/c1-23(16-7-3-2-4-8-16)18-11-10-15(13-21-18)19(24)22-17-9-5-6-14(17)12-20/h2-4,7-8,10-11,13-14,17H,5-6,9,12,20H2,1H3,(H,22,24). The normalized spacial score (nSPS) is 19.9. The quantitative estimate of drug-likeness (QED) is 0.887. The van der Waals surface area contributed by atoms with Crippen LogP contribution in [0, 0.1) is 5.92 Å². The fraction of sp³-hybridized carbons (Fsp3) is 0.368. The van der Waals surface area contributed by atoms with Gasteiger partial charge in [0.2, 0.25) is 0 Å². The number of aromatic nitrogens is 1. The maximum atomic E-state index is 12.4. The van der Waals surface area contributed by atoms with Gasteiger partial charge in [0.1, 0.15) is 5.82 Å². The van der Waals surface area contributed by atoms with Crippen molar-refractivity contribution < 1.29 is 4.79 Å². The van der Waals surface area contributed by atoms with Crippen LogP contribution in [0.25, 0.3) is 0 Å². The molecule has 0 spiro atoms. The minimum atomic E-state index is -0.0678. The lowest BCUT2D eigenvalue weighted by molar-refractivity contribution is 0.0928. The van der Waals surface area contributed by atoms with Crippen LogP contribution in [0.5, 0.6) is 0 Å². The second kappa shape index (κ2) is 7.45. The summed E-state index contributed by atoms with van der Waals surface area (Å²) < 4.78 is 0. The Morgan fingerprint density at radius 1 is 1.25 bits per heavy atom. The Balaban J connectivity index is 1.67. The van der Waals surface area contributed by atoms with Gasteiger partial charge in [-0.25, -0.2) is 4.98 Å². The van der Waals surface area contributed by atoms with Gasteiger partial charge in [-0.15, -0.1) is 0 Å². The molecule has 1 aromatic heterocycles. The van der Waals surface area contributed by atoms with Crippen LogP contribution in [0.3, 0.4) is 0 Å². The molecule has 2 aromatic rings. The molecule has 0 saturated heterocycles. The minimum Gasteiger partial charge on any atom is -0.349 e. The third kappa shape index (κ3) is 3.57. The van der Waals surface area contributed by atoms with Gasteiger partial charge in [0.25, 0.3) is 5.91 Å². The molecule has 0 aliphatic heterocycles. The maximum absolute atomic E-state index is 12.4. The van der Waals surface area contributed by atoms with Gasteiger partial charge in [-0.1, -0.05) is 24.6 Å². The van der Waals surface area contributed by atoms with Crippen molar-refractivity contribution in [3.05, 3.63) is 54.2 Å². The van der Waals surface area contributed by atoms with E-state index in [0.717, 1.165) is 30.8 Å². The molecule has 126 valence electrons. The number of nitrogens with two attached hydrogens (primary N) is 1. The Morgan fingerprint density at radius 3 is 2.71 bits per heavy atom. The van der Waals surface area contributed by atoms with E-state index in [1.54, 1.807) is 6.20 Å². The molecule has 2 unspecified atom stereocenters. The lowest BCUT2D eigenvalue weighted by Crippen LogP contribution is -2.39. The van der Waals surface area contributed by atoms with Crippen LogP contribution in [-0.4, -0.2) is 30.5 Å². The molecule has 1 heterocycles. The zero-order valence-electron chi connectivity index (χ0n) is 14.0. The fourth-order valence-corrected chi connectivity index (χ4v) is 3.26. The Labute approximate surface area is 142 Å². The van der Waals surface area contributed by atoms with E-state index in [1.165, 1.54) is 0 Å². The number of para-hydroxylation sites is 1. The number of carbonyl (C=O) groups excluding carboxylic acids is 1. The van der Waals surface area contributed by atoms with Gasteiger partial charge < -0.3 is 16.0 Å². The second-order valence-corrected chi connectivity index (χ2v) is 6.31. The molecule has 3 rings (SSSR count). The van der Waals surface area contributed by atoms with Crippen molar-refractivity contribution in [2.75, 3.05) is 18.5 Å². The highest BCUT2D eigenvalue weighted by Crippen LogP contribution is 2.25. The van der Waals surface area contributed by atoms with Gasteiger partial charge in [-0.05, 0) is 49.6 Å². The minimum absolute atomic E-state index is 0.0678. The van der Waals surface area contributed by atoms with Gasteiger partial charge in [-0.3, -0.25) is 4.79 Å². The monoisotopic (exact) mass is 324 g/mol. The number of anilines is 2. The molecule has 24 heavy (non-hydrogen) atoms. The highest BCUT2D eigenvalue weighted by Gasteiger charge is 2.27. The molecule has 1 saturated carbocycles. The number of benzene rings is 1. The predicted octanol–water partition coefficient (Wildman–Crippen LogP) is 2.71. The smallest absolute Gasteiger partial charge is 0.253 e. The molecule has 1 fully saturated rings. The molecule has 3 N–H and O–H groups in total. The number of nitrogens with zero attached hydrogens (tertiary/aromatic N) is 2. The van der Waals surface area contributed by atoms with Crippen LogP contribution in [0.1, 0.15) is 29.6 Å². The van der Waals surface area contributed by atoms with Gasteiger partial charge in [0.15, 0.2) is 0 Å². The fourth-order valence-electron chi connectivity index (χ4n) is 3.26. The molecular formula is C19H24N4O. The first-order chi connectivity index (χ1) is 11.7. The van der Waals surface area contributed by atoms with Gasteiger partial charge >= 0.3 is 0 Å². The van der Waals surface area contributed by atoms with Crippen LogP contribution >= 0.6 is 0 Å². The van der Waals surface area contributed by atoms with Gasteiger partial charge in [0, 0.05) is 25.0 Å². The lowest BCUT2D eigenvalue weighted by atomic mass is 10.0. The molecule has 2 atom stereocenters. The number of hydrogen-bond acceptors (Lipinski definition) is 4. The van der Waals surface area contributed by atoms with Crippen molar-refractivity contribution in [1.29, 1.82) is 0 Å². The molecule has 0 bridgehead atoms. The average molecular weight is 324 g/mol. The summed E-state index contributed by atoms with van der Waals surface area (Å²) in [5.41, 5.74) is 7.42. The van der Waals surface area contributed by atoms with E-state index in [2.05, 4.69) is 10.3 Å². The van der Waals surface area contributed by atoms with Crippen LogP contribution in [-0.2, 0) is 0 Å². The molecule has 0 radical (unpaired) electrons. The molecule has 5 nitrogen and oxygen atoms in total. The summed E-state index contributed by atoms with van der Waals surface area (Å²) in [7, 11) is 1.96. The zero-order valence-corrected chi connectivity index (χ0v) is 14.0. The summed E-state index contributed by atoms with van der Waals surface area (Å²) in [6.07, 6.45) is 4.87. The van der Waals surface area contributed by atoms with Gasteiger partial charge in [-0.2, -0.15) is 0 Å². The number of nitrogens with one attached hydrogen (secondary N) is 1. The predicted molar refractivity (Wildman–Crippen MR) is 96.4 cm³/mol. The Kier molecular flexibility index (Phi) is 5.11. The molecular weight excluding hydrogens is 300 g/mol. The van der Waals surface area contributed by atoms with Crippen molar-refractivity contribution >= 4 is 17.4 Å². The molecule has 5 heteroatoms. The average Bonchev–Trinajstić information content (AvgIpc) is 3.09. The SMILES string of the molecule is CN(c1ccccc1)c1ccc(C(=O)NC2CCCC2CN)cn1. The van der Waals surface area contributed by atoms with Crippen LogP contribution in [0.2, 0.25) is 0 Å². The van der Waals surface area contributed by atoms with E-state index in [9.17, 15) is 4.79 Å². The second-order valence-electron chi connectivity index (χ2n) is 6.31. The summed E-state index contributed by atoms with van der Waals surface area (Å²) in [6, 6.07) is 13.9. The maximum Gasteiger partial charge on any atom is 0.253 e. The Hall–Kier alpha value is -2.40. The summed E-state index contributed by atoms with van der Waals surface area (Å²) in [5, 5.41) is 3.10. The molecule has 1 aromatic carbocycles. The summed E-state index contributed by atoms with van der Waals surface area (Å²) in [5.74, 6) is 1.13. The topological polar surface area (TPSA) is 71.2 Å². The largest absolute Gasteiger partial charge is 0.349 e. The number of carbonyl (C=O) groups is 1. The number of hydrogen-bond donors (Lipinski definition) is 2. The Bertz CT molecular complexity index is 672. The molecule has 1 aliphatic rings. The van der Waals surface area contributed by atoms with Crippen LogP contribution in [0.15, 0.2) is 48.7 Å². The van der Waals surface area contributed by atoms with E-state index in [0.29, 0.717) is 18.0 Å². The van der Waals surface area contributed by atoms with E-state index < -0.39 is 0 Å². The van der Waals surface area contributed by atoms with E-state index in [1.807, 2.05) is 54.4 Å². The first kappa shape index (κ1) is 16.5. The van der Waals surface area contributed by atoms with Crippen molar-refractivity contribution in [2.45, 2.75) is 25.3 Å². The third-order valence-electron chi connectivity index (χ3n) is 4.78. The van der Waals surface area contributed by atoms with Crippen molar-refractivity contribution in [2.24, 2.45) is 11.7 Å². The van der Waals surface area contributed by atoms with E-state index in [4.69, 9.17) is 5.73 Å². The van der Waals surface area contributed by atoms with Crippen LogP contribution in [0.4, 0.5) is 11.5 Å². The first-order valence-corrected chi connectivity index (χ1v) is 8.45. The third-order valence-corrected chi connectivity index (χ3v) is 4.78. The number of amides is 1. The lowest BCUT2D eigenvalue weighted by Gasteiger charge is -2.20. The zero-order chi connectivity index (χ0) is 16.9. The summed E-state index contributed by atoms with van der Waals surface area (Å²) in [6.45, 7) is 0.629. The van der Waals surface area contributed by atoms with Crippen molar-refractivity contribution in [1.82, 2.24) is 10.3 Å². The van der Waals surface area contributed by atoms with E-state index >= 15 is 0 Å². The highest BCUT2D eigenvalue weighted by atomic mass is 16.1. The first-order valence-electron chi connectivity index (χ1n) is 8.45. The summed E-state index contributed by atoms with van der Waals surface area (Å²) in [4.78, 5) is 18.8. The Morgan fingerprint density at radius 2 is 2.04 bits per heavy atom.